The van der Waals surface area contributed by atoms with Gasteiger partial charge in [-0.3, -0.25) is 0 Å². The van der Waals surface area contributed by atoms with Gasteiger partial charge in [0.2, 0.25) is 0 Å². The molecule has 0 atom stereocenters. The SMILES string of the molecule is COc1ccccc1CCNCc1ccc(C#N)cc1Cl. The van der Waals surface area contributed by atoms with Crippen molar-refractivity contribution in [3.8, 4) is 11.8 Å². The molecule has 1 N–H and O–H groups in total. The third kappa shape index (κ3) is 4.22. The van der Waals surface area contributed by atoms with Crippen LogP contribution in [0.5, 0.6) is 5.75 Å². The van der Waals surface area contributed by atoms with Gasteiger partial charge in [-0.2, -0.15) is 5.26 Å². The number of nitrogens with zero attached hydrogens (tertiary/aromatic N) is 1. The second-order valence-electron chi connectivity index (χ2n) is 4.66. The van der Waals surface area contributed by atoms with Gasteiger partial charge in [-0.25, -0.2) is 0 Å². The van der Waals surface area contributed by atoms with Crippen LogP contribution in [0.3, 0.4) is 0 Å². The fourth-order valence-electron chi connectivity index (χ4n) is 2.12. The minimum atomic E-state index is 0.581. The molecule has 0 fully saturated rings. The topological polar surface area (TPSA) is 45.0 Å². The van der Waals surface area contributed by atoms with Gasteiger partial charge < -0.3 is 10.1 Å². The number of nitriles is 1. The number of hydrogen-bond donors (Lipinski definition) is 1. The van der Waals surface area contributed by atoms with Crippen LogP contribution in [0, 0.1) is 11.3 Å². The fourth-order valence-corrected chi connectivity index (χ4v) is 2.36. The van der Waals surface area contributed by atoms with Crippen LogP contribution in [0.2, 0.25) is 5.02 Å². The van der Waals surface area contributed by atoms with Crippen LogP contribution in [0.1, 0.15) is 16.7 Å². The predicted molar refractivity (Wildman–Crippen MR) is 84.6 cm³/mol. The summed E-state index contributed by atoms with van der Waals surface area (Å²) in [4.78, 5) is 0. The maximum Gasteiger partial charge on any atom is 0.122 e. The van der Waals surface area contributed by atoms with Gasteiger partial charge in [0, 0.05) is 11.6 Å². The summed E-state index contributed by atoms with van der Waals surface area (Å²) in [6.45, 7) is 1.51. The summed E-state index contributed by atoms with van der Waals surface area (Å²) in [5.74, 6) is 0.913. The minimum Gasteiger partial charge on any atom is -0.496 e. The highest BCUT2D eigenvalue weighted by Crippen LogP contribution is 2.19. The lowest BCUT2D eigenvalue weighted by molar-refractivity contribution is 0.409. The number of para-hydroxylation sites is 1. The lowest BCUT2D eigenvalue weighted by atomic mass is 10.1. The Hall–Kier alpha value is -2.02. The monoisotopic (exact) mass is 300 g/mol. The van der Waals surface area contributed by atoms with Gasteiger partial charge in [0.1, 0.15) is 5.75 Å². The Kier molecular flexibility index (Phi) is 5.62. The van der Waals surface area contributed by atoms with Crippen molar-refractivity contribution < 1.29 is 4.74 Å². The zero-order valence-electron chi connectivity index (χ0n) is 11.9. The van der Waals surface area contributed by atoms with Gasteiger partial charge in [-0.05, 0) is 42.3 Å². The van der Waals surface area contributed by atoms with E-state index >= 15 is 0 Å². The van der Waals surface area contributed by atoms with Gasteiger partial charge in [0.25, 0.3) is 0 Å². The Morgan fingerprint density at radius 1 is 1.19 bits per heavy atom. The average Bonchev–Trinajstić information content (AvgIpc) is 2.53. The number of hydrogen-bond acceptors (Lipinski definition) is 3. The van der Waals surface area contributed by atoms with Crippen molar-refractivity contribution in [3.05, 3.63) is 64.2 Å². The van der Waals surface area contributed by atoms with Crippen molar-refractivity contribution in [2.75, 3.05) is 13.7 Å². The summed E-state index contributed by atoms with van der Waals surface area (Å²) >= 11 is 6.14. The average molecular weight is 301 g/mol. The molecule has 0 aliphatic rings. The van der Waals surface area contributed by atoms with Gasteiger partial charge in [0.05, 0.1) is 18.7 Å². The van der Waals surface area contributed by atoms with Crippen molar-refractivity contribution in [1.29, 1.82) is 5.26 Å². The van der Waals surface area contributed by atoms with Gasteiger partial charge >= 0.3 is 0 Å². The van der Waals surface area contributed by atoms with Crippen molar-refractivity contribution in [2.45, 2.75) is 13.0 Å². The molecule has 0 unspecified atom stereocenters. The van der Waals surface area contributed by atoms with Crippen molar-refractivity contribution in [3.63, 3.8) is 0 Å². The Morgan fingerprint density at radius 2 is 2.00 bits per heavy atom. The highest BCUT2D eigenvalue weighted by Gasteiger charge is 2.03. The van der Waals surface area contributed by atoms with E-state index in [0.29, 0.717) is 17.1 Å². The van der Waals surface area contributed by atoms with E-state index in [1.807, 2.05) is 24.3 Å². The first-order valence-electron chi connectivity index (χ1n) is 6.75. The molecule has 0 spiro atoms. The molecule has 4 heteroatoms. The Bertz CT molecular complexity index is 649. The zero-order chi connectivity index (χ0) is 15.1. The maximum atomic E-state index is 8.81. The molecule has 2 aromatic rings. The van der Waals surface area contributed by atoms with Crippen LogP contribution in [-0.2, 0) is 13.0 Å². The van der Waals surface area contributed by atoms with E-state index in [9.17, 15) is 0 Å². The van der Waals surface area contributed by atoms with E-state index in [1.165, 1.54) is 5.56 Å². The first kappa shape index (κ1) is 15.4. The first-order valence-corrected chi connectivity index (χ1v) is 7.13. The molecule has 108 valence electrons. The van der Waals surface area contributed by atoms with Crippen molar-refractivity contribution in [1.82, 2.24) is 5.32 Å². The third-order valence-electron chi connectivity index (χ3n) is 3.26. The fraction of sp³-hybridized carbons (Fsp3) is 0.235. The molecule has 2 aromatic carbocycles. The molecule has 2 rings (SSSR count). The Balaban J connectivity index is 1.86. The summed E-state index contributed by atoms with van der Waals surface area (Å²) in [6, 6.07) is 15.4. The van der Waals surface area contributed by atoms with Crippen LogP contribution in [0.25, 0.3) is 0 Å². The van der Waals surface area contributed by atoms with Crippen molar-refractivity contribution in [2.24, 2.45) is 0 Å². The van der Waals surface area contributed by atoms with Gasteiger partial charge in [-0.15, -0.1) is 0 Å². The number of nitrogens with one attached hydrogen (secondary N) is 1. The summed E-state index contributed by atoms with van der Waals surface area (Å²) in [5.41, 5.74) is 2.76. The van der Waals surface area contributed by atoms with Crippen LogP contribution in [0.4, 0.5) is 0 Å². The lowest BCUT2D eigenvalue weighted by Gasteiger charge is -2.10. The summed E-state index contributed by atoms with van der Waals surface area (Å²) in [7, 11) is 1.68. The van der Waals surface area contributed by atoms with Crippen LogP contribution in [-0.4, -0.2) is 13.7 Å². The maximum absolute atomic E-state index is 8.81. The number of methoxy groups -OCH3 is 1. The smallest absolute Gasteiger partial charge is 0.122 e. The van der Waals surface area contributed by atoms with Crippen molar-refractivity contribution >= 4 is 11.6 Å². The molecule has 0 saturated carbocycles. The quantitative estimate of drug-likeness (QED) is 0.830. The van der Waals surface area contributed by atoms with Crippen LogP contribution < -0.4 is 10.1 Å². The summed E-state index contributed by atoms with van der Waals surface area (Å²) in [6.07, 6.45) is 0.887. The molecule has 0 amide bonds. The number of benzene rings is 2. The molecule has 0 bridgehead atoms. The zero-order valence-corrected chi connectivity index (χ0v) is 12.7. The highest BCUT2D eigenvalue weighted by atomic mass is 35.5. The Morgan fingerprint density at radius 3 is 2.71 bits per heavy atom. The summed E-state index contributed by atoms with van der Waals surface area (Å²) in [5, 5.41) is 12.8. The Labute approximate surface area is 130 Å². The number of ether oxygens (including phenoxy) is 1. The van der Waals surface area contributed by atoms with Crippen LogP contribution in [0.15, 0.2) is 42.5 Å². The lowest BCUT2D eigenvalue weighted by Crippen LogP contribution is -2.17. The van der Waals surface area contributed by atoms with E-state index in [0.717, 1.165) is 24.3 Å². The van der Waals surface area contributed by atoms with E-state index < -0.39 is 0 Å². The number of halogens is 1. The van der Waals surface area contributed by atoms with Gasteiger partial charge in [0.15, 0.2) is 0 Å². The van der Waals surface area contributed by atoms with Gasteiger partial charge in [-0.1, -0.05) is 35.9 Å². The molecule has 0 heterocycles. The molecule has 0 radical (unpaired) electrons. The predicted octanol–water partition coefficient (Wildman–Crippen LogP) is 3.55. The molecule has 0 aliphatic carbocycles. The second-order valence-corrected chi connectivity index (χ2v) is 5.06. The normalized spacial score (nSPS) is 10.1. The van der Waals surface area contributed by atoms with E-state index in [2.05, 4.69) is 17.5 Å². The molecule has 21 heavy (non-hydrogen) atoms. The second kappa shape index (κ2) is 7.68. The van der Waals surface area contributed by atoms with E-state index in [-0.39, 0.29) is 0 Å². The molecular formula is C17H17ClN2O. The van der Waals surface area contributed by atoms with E-state index in [1.54, 1.807) is 19.2 Å². The standard InChI is InChI=1S/C17H17ClN2O/c1-21-17-5-3-2-4-14(17)8-9-20-12-15-7-6-13(11-19)10-16(15)18/h2-7,10,20H,8-9,12H2,1H3. The largest absolute Gasteiger partial charge is 0.496 e. The first-order chi connectivity index (χ1) is 10.2. The molecule has 0 aliphatic heterocycles. The summed E-state index contributed by atoms with van der Waals surface area (Å²) < 4.78 is 5.33. The molecule has 0 aromatic heterocycles. The molecule has 3 nitrogen and oxygen atoms in total. The van der Waals surface area contributed by atoms with E-state index in [4.69, 9.17) is 21.6 Å². The molecule has 0 saturated heterocycles. The number of rotatable bonds is 6. The molecular weight excluding hydrogens is 284 g/mol. The van der Waals surface area contributed by atoms with Crippen LogP contribution >= 0.6 is 11.6 Å². The highest BCUT2D eigenvalue weighted by molar-refractivity contribution is 6.31. The minimum absolute atomic E-state index is 0.581. The third-order valence-corrected chi connectivity index (χ3v) is 3.61.